The second kappa shape index (κ2) is 9.20. The molecule has 40 heavy (non-hydrogen) atoms. The van der Waals surface area contributed by atoms with Crippen molar-refractivity contribution in [2.45, 2.75) is 27.7 Å². The van der Waals surface area contributed by atoms with E-state index in [1.54, 1.807) is 0 Å². The Morgan fingerprint density at radius 3 is 1.73 bits per heavy atom. The molecule has 4 heterocycles. The number of rotatable bonds is 3. The van der Waals surface area contributed by atoms with E-state index in [9.17, 15) is 0 Å². The Bertz CT molecular complexity index is 1890. The number of nitrogens with zero attached hydrogens (tertiary/aromatic N) is 8. The maximum Gasteiger partial charge on any atom is 0.183 e. The molecule has 2 aliphatic heterocycles. The highest BCUT2D eigenvalue weighted by molar-refractivity contribution is 5.95. The molecule has 7 rings (SSSR count). The molecule has 8 nitrogen and oxygen atoms in total. The highest BCUT2D eigenvalue weighted by Crippen LogP contribution is 2.50. The maximum absolute atomic E-state index is 5.20. The number of aromatic nitrogens is 4. The highest BCUT2D eigenvalue weighted by Gasteiger charge is 2.38. The van der Waals surface area contributed by atoms with Gasteiger partial charge in [0.25, 0.3) is 0 Å². The predicted octanol–water partition coefficient (Wildman–Crippen LogP) is 5.56. The van der Waals surface area contributed by atoms with Gasteiger partial charge in [-0.05, 0) is 74.2 Å². The van der Waals surface area contributed by atoms with E-state index >= 15 is 0 Å². The van der Waals surface area contributed by atoms with Gasteiger partial charge in [0, 0.05) is 0 Å². The molecule has 0 spiro atoms. The van der Waals surface area contributed by atoms with E-state index in [-0.39, 0.29) is 0 Å². The number of hydrogen-bond donors (Lipinski definition) is 0. The number of allylic oxidation sites excluding steroid dienone is 1. The Labute approximate surface area is 231 Å². The summed E-state index contributed by atoms with van der Waals surface area (Å²) in [7, 11) is 0. The van der Waals surface area contributed by atoms with Crippen molar-refractivity contribution < 1.29 is 0 Å². The van der Waals surface area contributed by atoms with Crippen LogP contribution in [0.15, 0.2) is 88.9 Å². The van der Waals surface area contributed by atoms with Gasteiger partial charge in [0.2, 0.25) is 0 Å². The first-order valence-electron chi connectivity index (χ1n) is 13.1. The summed E-state index contributed by atoms with van der Waals surface area (Å²) in [5.41, 5.74) is 8.39. The van der Waals surface area contributed by atoms with Crippen LogP contribution in [0.4, 0.5) is 28.8 Å². The number of hydrogen-bond acceptors (Lipinski definition) is 8. The van der Waals surface area contributed by atoms with Gasteiger partial charge >= 0.3 is 0 Å². The van der Waals surface area contributed by atoms with Gasteiger partial charge in [0.15, 0.2) is 17.5 Å². The van der Waals surface area contributed by atoms with Crippen molar-refractivity contribution >= 4 is 52.3 Å². The highest BCUT2D eigenvalue weighted by atomic mass is 15.5. The Balaban J connectivity index is 1.59. The molecule has 0 radical (unpaired) electrons. The van der Waals surface area contributed by atoms with Crippen molar-refractivity contribution in [1.29, 1.82) is 0 Å². The van der Waals surface area contributed by atoms with Crippen LogP contribution in [0.2, 0.25) is 0 Å². The molecule has 194 valence electrons. The fraction of sp³-hybridized carbons (Fsp3) is 0.125. The Kier molecular flexibility index (Phi) is 5.48. The second-order valence-electron chi connectivity index (χ2n) is 10.0. The van der Waals surface area contributed by atoms with Crippen molar-refractivity contribution in [1.82, 2.24) is 19.9 Å². The zero-order chi connectivity index (χ0) is 27.4. The van der Waals surface area contributed by atoms with Gasteiger partial charge < -0.3 is 0 Å². The van der Waals surface area contributed by atoms with E-state index in [0.717, 1.165) is 62.1 Å². The molecule has 0 aliphatic carbocycles. The van der Waals surface area contributed by atoms with Crippen LogP contribution in [0, 0.1) is 27.7 Å². The van der Waals surface area contributed by atoms with E-state index < -0.39 is 0 Å². The Hall–Kier alpha value is -5.24. The number of para-hydroxylation sites is 4. The molecule has 0 atom stereocenters. The largest absolute Gasteiger partial charge is 0.276 e. The van der Waals surface area contributed by atoms with Crippen LogP contribution in [0.3, 0.4) is 0 Å². The zero-order valence-electron chi connectivity index (χ0n) is 22.7. The molecule has 0 fully saturated rings. The lowest BCUT2D eigenvalue weighted by Gasteiger charge is -2.28. The minimum atomic E-state index is 0.571. The lowest BCUT2D eigenvalue weighted by atomic mass is 10.1. The minimum absolute atomic E-state index is 0.571. The van der Waals surface area contributed by atoms with Crippen LogP contribution in [0.25, 0.3) is 17.1 Å². The lowest BCUT2D eigenvalue weighted by Crippen LogP contribution is -2.29. The van der Waals surface area contributed by atoms with E-state index in [2.05, 4.69) is 99.9 Å². The van der Waals surface area contributed by atoms with Crippen LogP contribution in [0.1, 0.15) is 22.3 Å². The fourth-order valence-electron chi connectivity index (χ4n) is 5.52. The van der Waals surface area contributed by atoms with Gasteiger partial charge in [0.05, 0.1) is 27.8 Å². The number of fused-ring (bicyclic) bond motifs is 3. The predicted molar refractivity (Wildman–Crippen MR) is 159 cm³/mol. The second-order valence-corrected chi connectivity index (χ2v) is 10.0. The standard InChI is InChI=1S/C32H26N8/c1-19-9-7-10-20(2)28(19)39-26(16-15-25-27-30(35-17-33-25)36-18-34-27)40(29-21(3)11-8-12-22(29)4)32-31(39)37-23-13-5-6-14-24(23)38-32/h5-18H,1-4H3/b25-15+. The van der Waals surface area contributed by atoms with Gasteiger partial charge in [0.1, 0.15) is 23.8 Å². The summed E-state index contributed by atoms with van der Waals surface area (Å²) in [5, 5.41) is 1.36. The molecule has 2 aliphatic rings. The van der Waals surface area contributed by atoms with Crippen LogP contribution in [0.5, 0.6) is 0 Å². The van der Waals surface area contributed by atoms with Gasteiger partial charge in [-0.3, -0.25) is 9.80 Å². The molecule has 0 saturated carbocycles. The van der Waals surface area contributed by atoms with E-state index in [0.29, 0.717) is 16.5 Å². The van der Waals surface area contributed by atoms with E-state index in [4.69, 9.17) is 9.97 Å². The number of benzene rings is 3. The third kappa shape index (κ3) is 3.68. The SMILES string of the molecule is Cc1cccc(C)c1N1C(=C/C=c2/ncnc3c2=NC=N3)N(c2c(C)cccc2C)c2nc3ccccc3nc21. The summed E-state index contributed by atoms with van der Waals surface area (Å²) in [6.07, 6.45) is 7.08. The molecule has 3 aromatic carbocycles. The summed E-state index contributed by atoms with van der Waals surface area (Å²) in [4.78, 5) is 32.3. The van der Waals surface area contributed by atoms with Crippen LogP contribution in [-0.2, 0) is 0 Å². The number of aliphatic imine (C=N–C) groups is 1. The first-order chi connectivity index (χ1) is 19.5. The smallest absolute Gasteiger partial charge is 0.183 e. The molecule has 2 aromatic heterocycles. The third-order valence-electron chi connectivity index (χ3n) is 7.33. The summed E-state index contributed by atoms with van der Waals surface area (Å²) < 4.78 is 0. The van der Waals surface area contributed by atoms with Crippen molar-refractivity contribution in [3.05, 3.63) is 112 Å². The van der Waals surface area contributed by atoms with Gasteiger partial charge in [-0.2, -0.15) is 0 Å². The van der Waals surface area contributed by atoms with Crippen LogP contribution >= 0.6 is 0 Å². The molecule has 8 heteroatoms. The summed E-state index contributed by atoms with van der Waals surface area (Å²) in [6, 6.07) is 20.7. The maximum atomic E-state index is 5.20. The Morgan fingerprint density at radius 2 is 1.18 bits per heavy atom. The first-order valence-corrected chi connectivity index (χ1v) is 13.1. The zero-order valence-corrected chi connectivity index (χ0v) is 22.7. The average molecular weight is 523 g/mol. The molecule has 0 saturated heterocycles. The summed E-state index contributed by atoms with van der Waals surface area (Å²) >= 11 is 0. The number of anilines is 4. The molecule has 5 aromatic rings. The normalized spacial score (nSPS) is 14.1. The average Bonchev–Trinajstić information content (AvgIpc) is 3.54. The van der Waals surface area contributed by atoms with Gasteiger partial charge in [-0.1, -0.05) is 48.5 Å². The van der Waals surface area contributed by atoms with Crippen molar-refractivity contribution in [2.24, 2.45) is 9.98 Å². The topological polar surface area (TPSA) is 82.8 Å². The van der Waals surface area contributed by atoms with Gasteiger partial charge in [-0.25, -0.2) is 29.9 Å². The molecular formula is C32H26N8. The fourth-order valence-corrected chi connectivity index (χ4v) is 5.52. The molecule has 0 N–H and O–H groups in total. The molecule has 0 unspecified atom stereocenters. The lowest BCUT2D eigenvalue weighted by molar-refractivity contribution is 1.07. The van der Waals surface area contributed by atoms with Crippen molar-refractivity contribution in [3.8, 4) is 0 Å². The van der Waals surface area contributed by atoms with E-state index in [1.165, 1.54) is 12.7 Å². The quantitative estimate of drug-likeness (QED) is 0.309. The monoisotopic (exact) mass is 522 g/mol. The summed E-state index contributed by atoms with van der Waals surface area (Å²) in [5.74, 6) is 3.02. The van der Waals surface area contributed by atoms with Crippen molar-refractivity contribution in [3.63, 3.8) is 0 Å². The number of aryl methyl sites for hydroxylation is 4. The van der Waals surface area contributed by atoms with Crippen molar-refractivity contribution in [2.75, 3.05) is 9.80 Å². The molecule has 0 amide bonds. The minimum Gasteiger partial charge on any atom is -0.276 e. The van der Waals surface area contributed by atoms with Crippen LogP contribution in [-0.4, -0.2) is 26.3 Å². The first kappa shape index (κ1) is 23.8. The Morgan fingerprint density at radius 1 is 0.625 bits per heavy atom. The van der Waals surface area contributed by atoms with Gasteiger partial charge in [-0.15, -0.1) is 0 Å². The third-order valence-corrected chi connectivity index (χ3v) is 7.33. The molecular weight excluding hydrogens is 496 g/mol. The van der Waals surface area contributed by atoms with Crippen LogP contribution < -0.4 is 20.5 Å². The van der Waals surface area contributed by atoms with E-state index in [1.807, 2.05) is 30.3 Å². The molecule has 0 bridgehead atoms. The summed E-state index contributed by atoms with van der Waals surface area (Å²) in [6.45, 7) is 8.53.